The summed E-state index contributed by atoms with van der Waals surface area (Å²) in [7, 11) is 0. The van der Waals surface area contributed by atoms with Crippen molar-refractivity contribution in [1.82, 2.24) is 29.6 Å². The molecule has 0 amide bonds. The number of hydrogen-bond donors (Lipinski definition) is 1. The number of H-pyrrole nitrogens is 1. The molecule has 1 aliphatic heterocycles. The molecular weight excluding hydrogens is 296 g/mol. The van der Waals surface area contributed by atoms with E-state index in [0.29, 0.717) is 18.1 Å². The van der Waals surface area contributed by atoms with Crippen molar-refractivity contribution in [3.63, 3.8) is 0 Å². The van der Waals surface area contributed by atoms with Crippen LogP contribution in [0, 0.1) is 0 Å². The Hall–Kier alpha value is -2.48. The molecule has 120 valence electrons. The van der Waals surface area contributed by atoms with Crippen LogP contribution in [-0.2, 0) is 13.0 Å². The fourth-order valence-corrected chi connectivity index (χ4v) is 3.12. The largest absolute Gasteiger partial charge is 0.339 e. The lowest BCUT2D eigenvalue weighted by molar-refractivity contribution is 0.231. The third-order valence-corrected chi connectivity index (χ3v) is 4.25. The number of nitrogens with zero attached hydrogens (tertiary/aromatic N) is 5. The monoisotopic (exact) mass is 314 g/mol. The molecule has 4 rings (SSSR count). The summed E-state index contributed by atoms with van der Waals surface area (Å²) in [6.45, 7) is 3.54. The summed E-state index contributed by atoms with van der Waals surface area (Å²) in [5.41, 5.74) is 1.30. The zero-order chi connectivity index (χ0) is 15.8. The fraction of sp³-hybridized carbons (Fsp3) is 0.467. The maximum absolute atomic E-state index is 12.1. The molecule has 1 atom stereocenters. The highest BCUT2D eigenvalue weighted by Crippen LogP contribution is 2.31. The van der Waals surface area contributed by atoms with Crippen LogP contribution in [0.5, 0.6) is 0 Å². The highest BCUT2D eigenvalue weighted by atomic mass is 16.5. The number of fused-ring (bicyclic) bond motifs is 1. The van der Waals surface area contributed by atoms with E-state index in [1.807, 2.05) is 6.92 Å². The van der Waals surface area contributed by atoms with Crippen LogP contribution >= 0.6 is 0 Å². The number of nitrogens with one attached hydrogen (secondary N) is 1. The Labute approximate surface area is 132 Å². The fourth-order valence-electron chi connectivity index (χ4n) is 3.12. The Morgan fingerprint density at radius 3 is 3.17 bits per heavy atom. The van der Waals surface area contributed by atoms with Crippen LogP contribution in [-0.4, -0.2) is 36.2 Å². The molecule has 0 unspecified atom stereocenters. The van der Waals surface area contributed by atoms with Crippen molar-refractivity contribution < 1.29 is 4.52 Å². The van der Waals surface area contributed by atoms with Gasteiger partial charge in [0.05, 0.1) is 11.7 Å². The van der Waals surface area contributed by atoms with Crippen molar-refractivity contribution in [3.8, 4) is 0 Å². The van der Waals surface area contributed by atoms with E-state index >= 15 is 0 Å². The topological polar surface area (TPSA) is 92.3 Å². The third-order valence-electron chi connectivity index (χ3n) is 4.25. The first-order chi connectivity index (χ1) is 11.2. The van der Waals surface area contributed by atoms with Crippen molar-refractivity contribution in [2.24, 2.45) is 0 Å². The van der Waals surface area contributed by atoms with E-state index in [4.69, 9.17) is 4.52 Å². The molecule has 3 aromatic rings. The smallest absolute Gasteiger partial charge is 0.272 e. The third kappa shape index (κ3) is 2.55. The van der Waals surface area contributed by atoms with Gasteiger partial charge < -0.3 is 4.52 Å². The number of rotatable bonds is 4. The van der Waals surface area contributed by atoms with Crippen molar-refractivity contribution in [2.45, 2.75) is 38.8 Å². The van der Waals surface area contributed by atoms with E-state index in [9.17, 15) is 4.79 Å². The minimum atomic E-state index is -0.0985. The minimum absolute atomic E-state index is 0.0985. The summed E-state index contributed by atoms with van der Waals surface area (Å²) < 4.78 is 6.66. The first-order valence-corrected chi connectivity index (χ1v) is 7.87. The van der Waals surface area contributed by atoms with Crippen LogP contribution in [0.3, 0.4) is 0 Å². The molecule has 0 aromatic carbocycles. The Morgan fingerprint density at radius 1 is 1.43 bits per heavy atom. The highest BCUT2D eigenvalue weighted by Gasteiger charge is 2.30. The molecule has 1 aliphatic rings. The maximum Gasteiger partial charge on any atom is 0.272 e. The molecule has 0 saturated carbocycles. The number of hydrogen-bond acceptors (Lipinski definition) is 6. The normalized spacial score (nSPS) is 18.9. The van der Waals surface area contributed by atoms with Crippen LogP contribution in [0.4, 0.5) is 0 Å². The van der Waals surface area contributed by atoms with E-state index in [1.54, 1.807) is 18.3 Å². The Bertz CT molecular complexity index is 879. The van der Waals surface area contributed by atoms with Crippen LogP contribution in [0.2, 0.25) is 0 Å². The molecule has 23 heavy (non-hydrogen) atoms. The van der Waals surface area contributed by atoms with Crippen LogP contribution in [0.1, 0.15) is 43.2 Å². The van der Waals surface area contributed by atoms with E-state index in [0.717, 1.165) is 37.3 Å². The Morgan fingerprint density at radius 2 is 2.35 bits per heavy atom. The van der Waals surface area contributed by atoms with Crippen LogP contribution < -0.4 is 5.56 Å². The van der Waals surface area contributed by atoms with Crippen molar-refractivity contribution in [2.75, 3.05) is 6.54 Å². The summed E-state index contributed by atoms with van der Waals surface area (Å²) >= 11 is 0. The predicted octanol–water partition coefficient (Wildman–Crippen LogP) is 1.31. The number of aromatic amines is 1. The number of aryl methyl sites for hydroxylation is 1. The van der Waals surface area contributed by atoms with Crippen molar-refractivity contribution in [3.05, 3.63) is 46.1 Å². The Balaban J connectivity index is 1.59. The van der Waals surface area contributed by atoms with Gasteiger partial charge in [-0.15, -0.1) is 0 Å². The van der Waals surface area contributed by atoms with Gasteiger partial charge in [-0.3, -0.25) is 14.8 Å². The van der Waals surface area contributed by atoms with Crippen molar-refractivity contribution >= 4 is 5.65 Å². The average molecular weight is 314 g/mol. The van der Waals surface area contributed by atoms with Crippen molar-refractivity contribution in [1.29, 1.82) is 0 Å². The molecule has 8 nitrogen and oxygen atoms in total. The molecule has 0 aliphatic carbocycles. The maximum atomic E-state index is 12.1. The van der Waals surface area contributed by atoms with Gasteiger partial charge in [0.15, 0.2) is 11.5 Å². The lowest BCUT2D eigenvalue weighted by atomic mass is 10.2. The molecule has 8 heteroatoms. The summed E-state index contributed by atoms with van der Waals surface area (Å²) in [5, 5.41) is 6.95. The van der Waals surface area contributed by atoms with E-state index in [1.165, 1.54) is 4.52 Å². The van der Waals surface area contributed by atoms with Gasteiger partial charge in [0.25, 0.3) is 5.56 Å². The molecule has 3 aromatic heterocycles. The van der Waals surface area contributed by atoms with Gasteiger partial charge in [-0.2, -0.15) is 4.98 Å². The first kappa shape index (κ1) is 14.1. The second-order valence-corrected chi connectivity index (χ2v) is 5.77. The van der Waals surface area contributed by atoms with Gasteiger partial charge in [0.1, 0.15) is 0 Å². The van der Waals surface area contributed by atoms with Gasteiger partial charge in [0.2, 0.25) is 5.89 Å². The zero-order valence-corrected chi connectivity index (χ0v) is 12.9. The van der Waals surface area contributed by atoms with E-state index < -0.39 is 0 Å². The Kier molecular flexibility index (Phi) is 3.45. The first-order valence-electron chi connectivity index (χ1n) is 7.87. The standard InChI is InChI=1S/C15H18N6O2/c1-2-13-18-15(19-23-13)11-4-3-7-20(11)9-10-8-14(22)21-12(17-10)5-6-16-21/h5-6,8,11,16H,2-4,7,9H2,1H3/t11-/m0/s1. The number of aromatic nitrogens is 5. The summed E-state index contributed by atoms with van der Waals surface area (Å²) in [5.74, 6) is 1.40. The lowest BCUT2D eigenvalue weighted by Gasteiger charge is -2.21. The molecule has 1 saturated heterocycles. The molecule has 0 bridgehead atoms. The second-order valence-electron chi connectivity index (χ2n) is 5.77. The molecule has 0 spiro atoms. The predicted molar refractivity (Wildman–Crippen MR) is 81.9 cm³/mol. The van der Waals surface area contributed by atoms with Gasteiger partial charge in [-0.1, -0.05) is 12.1 Å². The molecular formula is C15H18N6O2. The van der Waals surface area contributed by atoms with E-state index in [2.05, 4.69) is 25.1 Å². The molecule has 0 radical (unpaired) electrons. The zero-order valence-electron chi connectivity index (χ0n) is 12.9. The van der Waals surface area contributed by atoms with Gasteiger partial charge in [-0.25, -0.2) is 9.50 Å². The highest BCUT2D eigenvalue weighted by molar-refractivity contribution is 5.36. The van der Waals surface area contributed by atoms with Crippen LogP contribution in [0.15, 0.2) is 27.6 Å². The average Bonchev–Trinajstić information content (AvgIpc) is 3.26. The van der Waals surface area contributed by atoms with Crippen LogP contribution in [0.25, 0.3) is 5.65 Å². The summed E-state index contributed by atoms with van der Waals surface area (Å²) in [6.07, 6.45) is 4.51. The lowest BCUT2D eigenvalue weighted by Crippen LogP contribution is -2.26. The molecule has 1 N–H and O–H groups in total. The minimum Gasteiger partial charge on any atom is -0.339 e. The summed E-state index contributed by atoms with van der Waals surface area (Å²) in [6, 6.07) is 3.50. The van der Waals surface area contributed by atoms with Gasteiger partial charge in [-0.05, 0) is 19.4 Å². The van der Waals surface area contributed by atoms with E-state index in [-0.39, 0.29) is 11.6 Å². The number of likely N-dealkylation sites (tertiary alicyclic amines) is 1. The molecule has 1 fully saturated rings. The molecule has 4 heterocycles. The van der Waals surface area contributed by atoms with Gasteiger partial charge in [0, 0.05) is 31.3 Å². The summed E-state index contributed by atoms with van der Waals surface area (Å²) in [4.78, 5) is 23.3. The quantitative estimate of drug-likeness (QED) is 0.780. The van der Waals surface area contributed by atoms with Gasteiger partial charge >= 0.3 is 0 Å². The second kappa shape index (κ2) is 5.62. The SMILES string of the molecule is CCc1nc([C@@H]2CCCN2Cc2cc(=O)n3[nH]ccc3n2)no1.